The third kappa shape index (κ3) is 3.30. The molecule has 3 rings (SSSR count). The number of hydrogen-bond acceptors (Lipinski definition) is 6. The number of methoxy groups -OCH3 is 1. The van der Waals surface area contributed by atoms with E-state index in [1.165, 1.54) is 12.3 Å². The highest BCUT2D eigenvalue weighted by Crippen LogP contribution is 2.38. The first-order chi connectivity index (χ1) is 11.6. The SMILES string of the molecule is COc1cncc([C@H](NC(=O)c2ncccc2O)C2CC(O)C2)c1. The predicted octanol–water partition coefficient (Wildman–Crippen LogP) is 1.43. The lowest BCUT2D eigenvalue weighted by molar-refractivity contribution is 0.0233. The summed E-state index contributed by atoms with van der Waals surface area (Å²) in [4.78, 5) is 20.5. The number of aliphatic hydroxyl groups excluding tert-OH is 1. The van der Waals surface area contributed by atoms with Gasteiger partial charge in [-0.2, -0.15) is 0 Å². The Labute approximate surface area is 139 Å². The van der Waals surface area contributed by atoms with Crippen LogP contribution >= 0.6 is 0 Å². The van der Waals surface area contributed by atoms with Crippen molar-refractivity contribution < 1.29 is 19.7 Å². The fourth-order valence-corrected chi connectivity index (χ4v) is 2.87. The predicted molar refractivity (Wildman–Crippen MR) is 85.6 cm³/mol. The van der Waals surface area contributed by atoms with E-state index in [1.54, 1.807) is 31.6 Å². The molecule has 1 amide bonds. The third-order valence-corrected chi connectivity index (χ3v) is 4.24. The number of aliphatic hydroxyl groups is 1. The molecule has 3 N–H and O–H groups in total. The number of carbonyl (C=O) groups is 1. The lowest BCUT2D eigenvalue weighted by Gasteiger charge is -2.38. The number of aromatic hydroxyl groups is 1. The summed E-state index contributed by atoms with van der Waals surface area (Å²) in [7, 11) is 1.55. The minimum absolute atomic E-state index is 0.0294. The van der Waals surface area contributed by atoms with Crippen LogP contribution in [-0.4, -0.2) is 39.3 Å². The number of amides is 1. The average molecular weight is 329 g/mol. The number of ether oxygens (including phenoxy) is 1. The van der Waals surface area contributed by atoms with Crippen molar-refractivity contribution in [1.29, 1.82) is 0 Å². The summed E-state index contributed by atoms with van der Waals surface area (Å²) in [5, 5.41) is 22.3. The topological polar surface area (TPSA) is 105 Å². The molecule has 0 aromatic carbocycles. The second-order valence-electron chi connectivity index (χ2n) is 5.87. The van der Waals surface area contributed by atoms with E-state index in [0.29, 0.717) is 18.6 Å². The lowest BCUT2D eigenvalue weighted by Crippen LogP contribution is -2.41. The Morgan fingerprint density at radius 2 is 2.21 bits per heavy atom. The summed E-state index contributed by atoms with van der Waals surface area (Å²) in [5.74, 6) is 0.0319. The first-order valence-electron chi connectivity index (χ1n) is 7.70. The summed E-state index contributed by atoms with van der Waals surface area (Å²) in [5.41, 5.74) is 0.758. The molecular formula is C17H19N3O4. The van der Waals surface area contributed by atoms with Gasteiger partial charge in [0.2, 0.25) is 0 Å². The molecule has 0 saturated heterocycles. The summed E-state index contributed by atoms with van der Waals surface area (Å²) in [6.45, 7) is 0. The molecule has 2 aromatic heterocycles. The molecule has 0 radical (unpaired) electrons. The van der Waals surface area contributed by atoms with Gasteiger partial charge in [-0.25, -0.2) is 4.98 Å². The van der Waals surface area contributed by atoms with E-state index in [2.05, 4.69) is 15.3 Å². The van der Waals surface area contributed by atoms with Crippen molar-refractivity contribution in [3.63, 3.8) is 0 Å². The molecule has 1 saturated carbocycles. The highest BCUT2D eigenvalue weighted by Gasteiger charge is 2.36. The number of hydrogen-bond donors (Lipinski definition) is 3. The third-order valence-electron chi connectivity index (χ3n) is 4.24. The maximum absolute atomic E-state index is 12.5. The highest BCUT2D eigenvalue weighted by molar-refractivity contribution is 5.95. The second kappa shape index (κ2) is 6.84. The molecule has 7 heteroatoms. The molecule has 0 unspecified atom stereocenters. The van der Waals surface area contributed by atoms with E-state index in [0.717, 1.165) is 5.56 Å². The van der Waals surface area contributed by atoms with E-state index < -0.39 is 5.91 Å². The Morgan fingerprint density at radius 3 is 2.88 bits per heavy atom. The number of rotatable bonds is 5. The average Bonchev–Trinajstić information content (AvgIpc) is 2.57. The van der Waals surface area contributed by atoms with E-state index >= 15 is 0 Å². The van der Waals surface area contributed by atoms with Gasteiger partial charge in [0.15, 0.2) is 5.69 Å². The largest absolute Gasteiger partial charge is 0.505 e. The van der Waals surface area contributed by atoms with Crippen molar-refractivity contribution in [3.8, 4) is 11.5 Å². The van der Waals surface area contributed by atoms with Crippen molar-refractivity contribution >= 4 is 5.91 Å². The van der Waals surface area contributed by atoms with Crippen LogP contribution in [0.4, 0.5) is 0 Å². The van der Waals surface area contributed by atoms with Gasteiger partial charge in [0.25, 0.3) is 5.91 Å². The Morgan fingerprint density at radius 1 is 1.42 bits per heavy atom. The van der Waals surface area contributed by atoms with E-state index in [-0.39, 0.29) is 29.5 Å². The quantitative estimate of drug-likeness (QED) is 0.766. The zero-order valence-corrected chi connectivity index (χ0v) is 13.2. The van der Waals surface area contributed by atoms with Crippen LogP contribution in [0.2, 0.25) is 0 Å². The molecule has 1 atom stereocenters. The van der Waals surface area contributed by atoms with Crippen LogP contribution in [0.5, 0.6) is 11.5 Å². The Kier molecular flexibility index (Phi) is 4.61. The minimum Gasteiger partial charge on any atom is -0.505 e. The Bertz CT molecular complexity index is 731. The van der Waals surface area contributed by atoms with Crippen LogP contribution in [0.3, 0.4) is 0 Å². The number of nitrogens with one attached hydrogen (secondary N) is 1. The molecule has 0 aliphatic heterocycles. The van der Waals surface area contributed by atoms with Gasteiger partial charge in [0.1, 0.15) is 11.5 Å². The maximum Gasteiger partial charge on any atom is 0.274 e. The Hall–Kier alpha value is -2.67. The number of pyridine rings is 2. The van der Waals surface area contributed by atoms with Crippen molar-refractivity contribution in [1.82, 2.24) is 15.3 Å². The zero-order valence-electron chi connectivity index (χ0n) is 13.2. The van der Waals surface area contributed by atoms with Gasteiger partial charge in [0, 0.05) is 12.4 Å². The molecule has 0 bridgehead atoms. The van der Waals surface area contributed by atoms with Crippen LogP contribution in [0.15, 0.2) is 36.8 Å². The summed E-state index contributed by atoms with van der Waals surface area (Å²) in [6.07, 6.45) is 5.53. The monoisotopic (exact) mass is 329 g/mol. The number of carbonyl (C=O) groups excluding carboxylic acids is 1. The van der Waals surface area contributed by atoms with Crippen molar-refractivity contribution in [2.45, 2.75) is 25.0 Å². The van der Waals surface area contributed by atoms with Crippen molar-refractivity contribution in [3.05, 3.63) is 48.0 Å². The van der Waals surface area contributed by atoms with Gasteiger partial charge in [-0.15, -0.1) is 0 Å². The Balaban J connectivity index is 1.85. The molecule has 2 aromatic rings. The van der Waals surface area contributed by atoms with Crippen molar-refractivity contribution in [2.24, 2.45) is 5.92 Å². The molecular weight excluding hydrogens is 310 g/mol. The van der Waals surface area contributed by atoms with Gasteiger partial charge < -0.3 is 20.3 Å². The molecule has 2 heterocycles. The van der Waals surface area contributed by atoms with E-state index in [4.69, 9.17) is 4.74 Å². The van der Waals surface area contributed by atoms with Gasteiger partial charge in [-0.3, -0.25) is 9.78 Å². The molecule has 1 aliphatic rings. The molecule has 0 spiro atoms. The normalized spacial score (nSPS) is 20.8. The van der Waals surface area contributed by atoms with Gasteiger partial charge in [-0.05, 0) is 42.5 Å². The highest BCUT2D eigenvalue weighted by atomic mass is 16.5. The van der Waals surface area contributed by atoms with Crippen LogP contribution in [-0.2, 0) is 0 Å². The second-order valence-corrected chi connectivity index (χ2v) is 5.87. The minimum atomic E-state index is -0.470. The first kappa shape index (κ1) is 16.2. The summed E-state index contributed by atoms with van der Waals surface area (Å²) < 4.78 is 5.19. The number of nitrogens with zero attached hydrogens (tertiary/aromatic N) is 2. The first-order valence-corrected chi connectivity index (χ1v) is 7.70. The molecule has 126 valence electrons. The van der Waals surface area contributed by atoms with Crippen LogP contribution < -0.4 is 10.1 Å². The molecule has 1 aliphatic carbocycles. The van der Waals surface area contributed by atoms with Gasteiger partial charge >= 0.3 is 0 Å². The summed E-state index contributed by atoms with van der Waals surface area (Å²) >= 11 is 0. The molecule has 1 fully saturated rings. The van der Waals surface area contributed by atoms with Crippen LogP contribution in [0.25, 0.3) is 0 Å². The van der Waals surface area contributed by atoms with E-state index in [9.17, 15) is 15.0 Å². The lowest BCUT2D eigenvalue weighted by atomic mass is 9.75. The van der Waals surface area contributed by atoms with Crippen LogP contribution in [0.1, 0.15) is 34.9 Å². The summed E-state index contributed by atoms with van der Waals surface area (Å²) in [6, 6.07) is 4.43. The van der Waals surface area contributed by atoms with Crippen LogP contribution in [0, 0.1) is 5.92 Å². The van der Waals surface area contributed by atoms with E-state index in [1.807, 2.05) is 0 Å². The van der Waals surface area contributed by atoms with Crippen molar-refractivity contribution in [2.75, 3.05) is 7.11 Å². The smallest absolute Gasteiger partial charge is 0.274 e. The standard InChI is InChI=1S/C17H19N3O4/c1-24-13-7-11(8-18-9-13)15(10-5-12(21)6-10)20-17(23)16-14(22)3-2-4-19-16/h2-4,7-10,12,15,21-22H,5-6H2,1H3,(H,20,23)/t10?,12?,15-/m1/s1. The maximum atomic E-state index is 12.5. The van der Waals surface area contributed by atoms with Gasteiger partial charge in [0.05, 0.1) is 25.5 Å². The fraction of sp³-hybridized carbons (Fsp3) is 0.353. The van der Waals surface area contributed by atoms with Gasteiger partial charge in [-0.1, -0.05) is 0 Å². The molecule has 7 nitrogen and oxygen atoms in total. The number of aromatic nitrogens is 2. The molecule has 24 heavy (non-hydrogen) atoms. The zero-order chi connectivity index (χ0) is 17.1. The fourth-order valence-electron chi connectivity index (χ4n) is 2.87.